The van der Waals surface area contributed by atoms with Crippen LogP contribution in [0.15, 0.2) is 55.0 Å². The molecule has 2 aromatic carbocycles. The number of amides is 3. The molecule has 1 aromatic heterocycles. The van der Waals surface area contributed by atoms with Crippen molar-refractivity contribution < 1.29 is 23.2 Å². The molecular formula is C31H31F2N5O3. The van der Waals surface area contributed by atoms with E-state index in [2.05, 4.69) is 17.0 Å². The highest BCUT2D eigenvalue weighted by molar-refractivity contribution is 6.27. The van der Waals surface area contributed by atoms with Crippen LogP contribution in [0.1, 0.15) is 73.0 Å². The monoisotopic (exact) mass is 559 g/mol. The summed E-state index contributed by atoms with van der Waals surface area (Å²) in [5.74, 6) is -3.87. The van der Waals surface area contributed by atoms with E-state index in [1.54, 1.807) is 22.9 Å². The number of alkyl halides is 2. The van der Waals surface area contributed by atoms with Gasteiger partial charge in [-0.25, -0.2) is 0 Å². The van der Waals surface area contributed by atoms with E-state index in [1.165, 1.54) is 29.4 Å². The van der Waals surface area contributed by atoms with Gasteiger partial charge in [0.2, 0.25) is 11.8 Å². The summed E-state index contributed by atoms with van der Waals surface area (Å²) in [5, 5.41) is 7.73. The van der Waals surface area contributed by atoms with Crippen molar-refractivity contribution in [2.24, 2.45) is 5.41 Å². The third-order valence-corrected chi connectivity index (χ3v) is 9.31. The maximum absolute atomic E-state index is 16.2. The van der Waals surface area contributed by atoms with E-state index in [0.29, 0.717) is 61.1 Å². The highest BCUT2D eigenvalue weighted by Gasteiger charge is 2.48. The number of carbonyl (C=O) groups is 3. The summed E-state index contributed by atoms with van der Waals surface area (Å²) in [5.41, 5.74) is 0.713. The van der Waals surface area contributed by atoms with Crippen molar-refractivity contribution >= 4 is 34.2 Å². The average Bonchev–Trinajstić information content (AvgIpc) is 3.39. The van der Waals surface area contributed by atoms with Crippen molar-refractivity contribution in [2.45, 2.75) is 63.5 Å². The van der Waals surface area contributed by atoms with Crippen LogP contribution < -0.4 is 10.2 Å². The predicted molar refractivity (Wildman–Crippen MR) is 148 cm³/mol. The first-order valence-electron chi connectivity index (χ1n) is 14.2. The molecule has 1 atom stereocenters. The number of hydrogen-bond donors (Lipinski definition) is 1. The molecule has 1 unspecified atom stereocenters. The van der Waals surface area contributed by atoms with E-state index in [1.807, 2.05) is 11.8 Å². The molecule has 1 aliphatic carbocycles. The topological polar surface area (TPSA) is 87.5 Å². The third-order valence-electron chi connectivity index (χ3n) is 9.31. The van der Waals surface area contributed by atoms with E-state index in [9.17, 15) is 14.4 Å². The highest BCUT2D eigenvalue weighted by atomic mass is 19.3. The van der Waals surface area contributed by atoms with Crippen LogP contribution in [0.3, 0.4) is 0 Å². The number of carbonyl (C=O) groups excluding carboxylic acids is 3. The predicted octanol–water partition coefficient (Wildman–Crippen LogP) is 4.89. The molecule has 8 nitrogen and oxygen atoms in total. The molecule has 0 spiro atoms. The van der Waals surface area contributed by atoms with Crippen LogP contribution in [-0.4, -0.2) is 51.5 Å². The number of aromatic nitrogens is 2. The lowest BCUT2D eigenvalue weighted by Gasteiger charge is -2.33. The number of nitrogens with one attached hydrogen (secondary N) is 1. The van der Waals surface area contributed by atoms with E-state index in [-0.39, 0.29) is 45.7 Å². The van der Waals surface area contributed by atoms with Gasteiger partial charge in [0.1, 0.15) is 6.04 Å². The molecule has 10 heteroatoms. The number of hydrogen-bond acceptors (Lipinski definition) is 4. The normalized spacial score (nSPS) is 22.4. The van der Waals surface area contributed by atoms with Gasteiger partial charge in [0, 0.05) is 46.9 Å². The van der Waals surface area contributed by atoms with Crippen molar-refractivity contribution in [1.82, 2.24) is 20.0 Å². The molecular weight excluding hydrogens is 528 g/mol. The van der Waals surface area contributed by atoms with Crippen molar-refractivity contribution in [3.8, 4) is 0 Å². The molecule has 4 heterocycles. The molecule has 41 heavy (non-hydrogen) atoms. The molecule has 1 saturated carbocycles. The minimum absolute atomic E-state index is 0.0627. The van der Waals surface area contributed by atoms with E-state index >= 15 is 8.78 Å². The smallest absolute Gasteiger partial charge is 0.302 e. The van der Waals surface area contributed by atoms with Crippen LogP contribution in [0.4, 0.5) is 14.5 Å². The second-order valence-corrected chi connectivity index (χ2v) is 12.1. The minimum atomic E-state index is -3.37. The zero-order valence-corrected chi connectivity index (χ0v) is 22.8. The van der Waals surface area contributed by atoms with Gasteiger partial charge in [-0.05, 0) is 62.1 Å². The fraction of sp³-hybridized carbons (Fsp3) is 0.419. The quantitative estimate of drug-likeness (QED) is 0.482. The summed E-state index contributed by atoms with van der Waals surface area (Å²) in [6.45, 7) is 6.99. The second-order valence-electron chi connectivity index (χ2n) is 12.1. The largest absolute Gasteiger partial charge is 0.342 e. The van der Waals surface area contributed by atoms with Crippen LogP contribution in [0, 0.1) is 5.41 Å². The summed E-state index contributed by atoms with van der Waals surface area (Å²) >= 11 is 0. The summed E-state index contributed by atoms with van der Waals surface area (Å²) < 4.78 is 33.9. The Morgan fingerprint density at radius 1 is 1.12 bits per heavy atom. The van der Waals surface area contributed by atoms with Gasteiger partial charge in [-0.1, -0.05) is 25.6 Å². The Labute approximate surface area is 236 Å². The lowest BCUT2D eigenvalue weighted by atomic mass is 9.94. The first-order chi connectivity index (χ1) is 19.6. The summed E-state index contributed by atoms with van der Waals surface area (Å²) in [6.07, 6.45) is 6.75. The minimum Gasteiger partial charge on any atom is -0.342 e. The fourth-order valence-electron chi connectivity index (χ4n) is 6.57. The molecule has 3 amide bonds. The number of benzene rings is 2. The van der Waals surface area contributed by atoms with Gasteiger partial charge in [-0.15, -0.1) is 0 Å². The first kappa shape index (κ1) is 25.9. The van der Waals surface area contributed by atoms with Gasteiger partial charge in [-0.3, -0.25) is 24.0 Å². The summed E-state index contributed by atoms with van der Waals surface area (Å²) in [6, 6.07) is 6.90. The fourth-order valence-corrected chi connectivity index (χ4v) is 6.57. The standard InChI is InChI=1S/C31H31F2N5O3/c1-18-6-8-25(27(39)35-18)38-24-9-7-23(21-4-3-5-22(26(21)24)28(38)40)31(32,33)19-16-34-37(17-19)20-10-14-36(15-11-20)29(41)30(2)12-13-30/h3-5,7,9,16-17,20,25H,1,6,8,10-15H2,2H3,(H,35,39). The Kier molecular flexibility index (Phi) is 5.65. The number of halogens is 2. The molecule has 212 valence electrons. The number of likely N-dealkylation sites (tertiary alicyclic amines) is 1. The molecule has 0 bridgehead atoms. The number of anilines is 1. The summed E-state index contributed by atoms with van der Waals surface area (Å²) in [4.78, 5) is 42.2. The Balaban J connectivity index is 1.17. The Morgan fingerprint density at radius 2 is 1.88 bits per heavy atom. The number of nitrogens with zero attached hydrogens (tertiary/aromatic N) is 4. The first-order valence-corrected chi connectivity index (χ1v) is 14.2. The van der Waals surface area contributed by atoms with Crippen LogP contribution in [-0.2, 0) is 15.5 Å². The van der Waals surface area contributed by atoms with Gasteiger partial charge >= 0.3 is 5.92 Å². The Bertz CT molecular complexity index is 1630. The molecule has 0 radical (unpaired) electrons. The Hall–Kier alpha value is -4.08. The zero-order valence-electron chi connectivity index (χ0n) is 22.8. The van der Waals surface area contributed by atoms with Crippen molar-refractivity contribution in [3.05, 3.63) is 71.7 Å². The van der Waals surface area contributed by atoms with Crippen LogP contribution in [0.2, 0.25) is 0 Å². The maximum atomic E-state index is 16.2. The third kappa shape index (κ3) is 3.98. The molecule has 3 fully saturated rings. The SMILES string of the molecule is C=C1CCC(N2C(=O)c3cccc4c(C(F)(F)c5cnn(C6CCN(C(=O)C7(C)CC7)CC6)c5)ccc2c34)C(=O)N1. The Morgan fingerprint density at radius 3 is 2.59 bits per heavy atom. The van der Waals surface area contributed by atoms with Gasteiger partial charge < -0.3 is 10.2 Å². The lowest BCUT2D eigenvalue weighted by Crippen LogP contribution is -2.51. The van der Waals surface area contributed by atoms with Gasteiger partial charge in [-0.2, -0.15) is 13.9 Å². The van der Waals surface area contributed by atoms with Crippen LogP contribution >= 0.6 is 0 Å². The van der Waals surface area contributed by atoms with Crippen molar-refractivity contribution in [2.75, 3.05) is 18.0 Å². The number of piperidine rings is 2. The highest BCUT2D eigenvalue weighted by Crippen LogP contribution is 2.48. The molecule has 2 saturated heterocycles. The zero-order chi connectivity index (χ0) is 28.7. The molecule has 1 N–H and O–H groups in total. The van der Waals surface area contributed by atoms with E-state index in [4.69, 9.17) is 0 Å². The summed E-state index contributed by atoms with van der Waals surface area (Å²) in [7, 11) is 0. The molecule has 7 rings (SSSR count). The van der Waals surface area contributed by atoms with Gasteiger partial charge in [0.05, 0.1) is 23.5 Å². The number of allylic oxidation sites excluding steroid dienone is 1. The van der Waals surface area contributed by atoms with E-state index in [0.717, 1.165) is 12.8 Å². The molecule has 3 aromatic rings. The van der Waals surface area contributed by atoms with Crippen LogP contribution in [0.5, 0.6) is 0 Å². The van der Waals surface area contributed by atoms with Crippen molar-refractivity contribution in [3.63, 3.8) is 0 Å². The number of rotatable bonds is 5. The van der Waals surface area contributed by atoms with E-state index < -0.39 is 12.0 Å². The maximum Gasteiger partial charge on any atom is 0.302 e. The average molecular weight is 560 g/mol. The van der Waals surface area contributed by atoms with Crippen LogP contribution in [0.25, 0.3) is 10.8 Å². The molecule has 4 aliphatic rings. The van der Waals surface area contributed by atoms with Gasteiger partial charge in [0.25, 0.3) is 5.91 Å². The van der Waals surface area contributed by atoms with Crippen molar-refractivity contribution in [1.29, 1.82) is 0 Å². The second kappa shape index (κ2) is 8.96. The van der Waals surface area contributed by atoms with Gasteiger partial charge in [0.15, 0.2) is 0 Å². The lowest BCUT2D eigenvalue weighted by molar-refractivity contribution is -0.137. The molecule has 3 aliphatic heterocycles.